The van der Waals surface area contributed by atoms with Gasteiger partial charge in [0.05, 0.1) is 15.1 Å². The van der Waals surface area contributed by atoms with Crippen LogP contribution in [0.5, 0.6) is 0 Å². The van der Waals surface area contributed by atoms with Gasteiger partial charge < -0.3 is 10.6 Å². The number of aromatic nitrogens is 4. The molecule has 0 saturated heterocycles. The first-order valence-electron chi connectivity index (χ1n) is 7.15. The lowest BCUT2D eigenvalue weighted by molar-refractivity contribution is 0.0967. The first kappa shape index (κ1) is 14.4. The molecule has 3 aromatic heterocycles. The Morgan fingerprint density at radius 2 is 2.22 bits per heavy atom. The van der Waals surface area contributed by atoms with Crippen molar-refractivity contribution >= 4 is 50.7 Å². The van der Waals surface area contributed by atoms with Gasteiger partial charge in [0.25, 0.3) is 5.91 Å². The Morgan fingerprint density at radius 1 is 1.39 bits per heavy atom. The Balaban J connectivity index is 1.72. The lowest BCUT2D eigenvalue weighted by atomic mass is 10.3. The molecule has 0 bridgehead atoms. The molecule has 3 N–H and O–H groups in total. The van der Waals surface area contributed by atoms with Crippen molar-refractivity contribution < 1.29 is 4.79 Å². The van der Waals surface area contributed by atoms with Gasteiger partial charge in [-0.2, -0.15) is 10.1 Å². The van der Waals surface area contributed by atoms with E-state index in [2.05, 4.69) is 30.8 Å². The van der Waals surface area contributed by atoms with E-state index in [1.165, 1.54) is 24.2 Å². The maximum Gasteiger partial charge on any atom is 0.261 e. The van der Waals surface area contributed by atoms with Gasteiger partial charge in [-0.1, -0.05) is 0 Å². The summed E-state index contributed by atoms with van der Waals surface area (Å²) in [6, 6.07) is 3.69. The molecule has 0 aliphatic heterocycles. The number of aromatic amines is 1. The van der Waals surface area contributed by atoms with E-state index in [4.69, 9.17) is 11.6 Å². The van der Waals surface area contributed by atoms with Crippen molar-refractivity contribution in [2.24, 2.45) is 0 Å². The van der Waals surface area contributed by atoms with Gasteiger partial charge in [-0.15, -0.1) is 11.3 Å². The maximum atomic E-state index is 11.8. The van der Waals surface area contributed by atoms with Crippen LogP contribution in [0.1, 0.15) is 34.1 Å². The van der Waals surface area contributed by atoms with E-state index in [0.29, 0.717) is 27.9 Å². The average molecular weight is 349 g/mol. The van der Waals surface area contributed by atoms with Crippen LogP contribution >= 0.6 is 22.9 Å². The lowest BCUT2D eigenvalue weighted by Crippen LogP contribution is -2.15. The Bertz CT molecular complexity index is 900. The van der Waals surface area contributed by atoms with Crippen molar-refractivity contribution in [2.75, 3.05) is 12.4 Å². The van der Waals surface area contributed by atoms with E-state index in [9.17, 15) is 4.79 Å². The topological polar surface area (TPSA) is 95.6 Å². The SMILES string of the molecule is CNC(=O)c1cc2nc(Cl)nc(Nc3cc(C4CC4)[nH]n3)c2s1. The van der Waals surface area contributed by atoms with Crippen LogP contribution < -0.4 is 10.6 Å². The number of H-pyrrole nitrogens is 1. The second-order valence-corrected chi connectivity index (χ2v) is 6.74. The smallest absolute Gasteiger partial charge is 0.261 e. The van der Waals surface area contributed by atoms with Crippen molar-refractivity contribution in [2.45, 2.75) is 18.8 Å². The van der Waals surface area contributed by atoms with Gasteiger partial charge in [0.15, 0.2) is 11.6 Å². The second-order valence-electron chi connectivity index (χ2n) is 5.35. The maximum absolute atomic E-state index is 11.8. The number of carbonyl (C=O) groups is 1. The molecule has 1 aliphatic carbocycles. The fourth-order valence-corrected chi connectivity index (χ4v) is 3.51. The molecule has 23 heavy (non-hydrogen) atoms. The van der Waals surface area contributed by atoms with E-state index in [1.807, 2.05) is 6.07 Å². The number of carbonyl (C=O) groups excluding carboxylic acids is 1. The summed E-state index contributed by atoms with van der Waals surface area (Å²) in [7, 11) is 1.59. The van der Waals surface area contributed by atoms with E-state index in [1.54, 1.807) is 13.1 Å². The molecule has 1 fully saturated rings. The number of amides is 1. The minimum atomic E-state index is -0.161. The predicted molar refractivity (Wildman–Crippen MR) is 89.7 cm³/mol. The molecule has 1 amide bonds. The van der Waals surface area contributed by atoms with Crippen LogP contribution in [0.25, 0.3) is 10.2 Å². The zero-order valence-electron chi connectivity index (χ0n) is 12.2. The monoisotopic (exact) mass is 348 g/mol. The van der Waals surface area contributed by atoms with Gasteiger partial charge in [0, 0.05) is 24.7 Å². The molecule has 3 heterocycles. The van der Waals surface area contributed by atoms with Gasteiger partial charge >= 0.3 is 0 Å². The largest absolute Gasteiger partial charge is 0.354 e. The summed E-state index contributed by atoms with van der Waals surface area (Å²) in [6.07, 6.45) is 2.40. The van der Waals surface area contributed by atoms with Crippen LogP contribution in [0.15, 0.2) is 12.1 Å². The molecule has 3 aromatic rings. The Hall–Kier alpha value is -2.19. The zero-order valence-corrected chi connectivity index (χ0v) is 13.8. The number of rotatable bonds is 4. The molecular formula is C14H13ClN6OS. The fraction of sp³-hybridized carbons (Fsp3) is 0.286. The number of anilines is 2. The minimum absolute atomic E-state index is 0.124. The molecule has 0 atom stereocenters. The van der Waals surface area contributed by atoms with Gasteiger partial charge in [0.1, 0.15) is 0 Å². The van der Waals surface area contributed by atoms with Gasteiger partial charge in [-0.25, -0.2) is 4.98 Å². The summed E-state index contributed by atoms with van der Waals surface area (Å²) in [5.74, 6) is 1.66. The highest BCUT2D eigenvalue weighted by atomic mass is 35.5. The second kappa shape index (κ2) is 5.47. The van der Waals surface area contributed by atoms with Crippen molar-refractivity contribution in [3.05, 3.63) is 28.0 Å². The van der Waals surface area contributed by atoms with Crippen LogP contribution in [0.2, 0.25) is 5.28 Å². The molecule has 0 radical (unpaired) electrons. The van der Waals surface area contributed by atoms with E-state index >= 15 is 0 Å². The summed E-state index contributed by atoms with van der Waals surface area (Å²) in [6.45, 7) is 0. The molecule has 118 valence electrons. The normalized spacial score (nSPS) is 14.2. The first-order valence-corrected chi connectivity index (χ1v) is 8.35. The third-order valence-corrected chi connectivity index (χ3v) is 4.96. The van der Waals surface area contributed by atoms with Crippen LogP contribution in [0.4, 0.5) is 11.6 Å². The molecule has 9 heteroatoms. The molecular weight excluding hydrogens is 336 g/mol. The quantitative estimate of drug-likeness (QED) is 0.630. The van der Waals surface area contributed by atoms with Gasteiger partial charge in [0.2, 0.25) is 5.28 Å². The lowest BCUT2D eigenvalue weighted by Gasteiger charge is -2.03. The highest BCUT2D eigenvalue weighted by Gasteiger charge is 2.25. The molecule has 7 nitrogen and oxygen atoms in total. The summed E-state index contributed by atoms with van der Waals surface area (Å²) in [5, 5.41) is 13.2. The van der Waals surface area contributed by atoms with E-state index in [-0.39, 0.29) is 11.2 Å². The molecule has 0 unspecified atom stereocenters. The summed E-state index contributed by atoms with van der Waals surface area (Å²) in [5.41, 5.74) is 1.76. The minimum Gasteiger partial charge on any atom is -0.354 e. The Labute approximate surface area is 140 Å². The zero-order chi connectivity index (χ0) is 16.0. The Kier molecular flexibility index (Phi) is 3.42. The number of thiophene rings is 1. The van der Waals surface area contributed by atoms with Crippen LogP contribution in [0.3, 0.4) is 0 Å². The van der Waals surface area contributed by atoms with Crippen LogP contribution in [0, 0.1) is 0 Å². The van der Waals surface area contributed by atoms with Crippen LogP contribution in [-0.4, -0.2) is 33.1 Å². The number of nitrogens with zero attached hydrogens (tertiary/aromatic N) is 3. The number of nitrogens with one attached hydrogen (secondary N) is 3. The number of halogens is 1. The first-order chi connectivity index (χ1) is 11.1. The molecule has 0 spiro atoms. The van der Waals surface area contributed by atoms with E-state index in [0.717, 1.165) is 10.4 Å². The van der Waals surface area contributed by atoms with Crippen LogP contribution in [-0.2, 0) is 0 Å². The van der Waals surface area contributed by atoms with E-state index < -0.39 is 0 Å². The number of hydrogen-bond acceptors (Lipinski definition) is 6. The summed E-state index contributed by atoms with van der Waals surface area (Å²) >= 11 is 7.31. The molecule has 0 aromatic carbocycles. The van der Waals surface area contributed by atoms with Crippen molar-refractivity contribution in [1.29, 1.82) is 0 Å². The number of fused-ring (bicyclic) bond motifs is 1. The van der Waals surface area contributed by atoms with Crippen molar-refractivity contribution in [3.63, 3.8) is 0 Å². The highest BCUT2D eigenvalue weighted by Crippen LogP contribution is 2.40. The average Bonchev–Trinajstić information content (AvgIpc) is 3.12. The molecule has 1 saturated carbocycles. The standard InChI is InChI=1S/C14H13ClN6OS/c1-16-13(22)9-4-8-11(23-9)12(19-14(15)17-8)18-10-5-7(20-21-10)6-2-3-6/h4-6H,2-3H2,1H3,(H,16,22)(H2,17,18,19,20,21). The Morgan fingerprint density at radius 3 is 2.96 bits per heavy atom. The predicted octanol–water partition coefficient (Wildman–Crippen LogP) is 3.05. The molecule has 4 rings (SSSR count). The highest BCUT2D eigenvalue weighted by molar-refractivity contribution is 7.21. The van der Waals surface area contributed by atoms with Gasteiger partial charge in [-0.3, -0.25) is 9.89 Å². The summed E-state index contributed by atoms with van der Waals surface area (Å²) < 4.78 is 0.768. The van der Waals surface area contributed by atoms with Crippen molar-refractivity contribution in [3.8, 4) is 0 Å². The summed E-state index contributed by atoms with van der Waals surface area (Å²) in [4.78, 5) is 20.8. The van der Waals surface area contributed by atoms with Crippen molar-refractivity contribution in [1.82, 2.24) is 25.5 Å². The molecule has 1 aliphatic rings. The fourth-order valence-electron chi connectivity index (χ4n) is 2.35. The number of hydrogen-bond donors (Lipinski definition) is 3. The third-order valence-electron chi connectivity index (χ3n) is 3.66. The van der Waals surface area contributed by atoms with Gasteiger partial charge in [-0.05, 0) is 30.5 Å². The third kappa shape index (κ3) is 2.75.